The predicted molar refractivity (Wildman–Crippen MR) is 99.6 cm³/mol. The number of esters is 1. The largest absolute Gasteiger partial charge is 0.462 e. The van der Waals surface area contributed by atoms with Crippen LogP contribution in [0.5, 0.6) is 0 Å². The Morgan fingerprint density at radius 3 is 2.73 bits per heavy atom. The Labute approximate surface area is 150 Å². The zero-order valence-electron chi connectivity index (χ0n) is 14.2. The van der Waals surface area contributed by atoms with Gasteiger partial charge in [-0.3, -0.25) is 9.78 Å². The van der Waals surface area contributed by atoms with E-state index in [1.165, 1.54) is 6.08 Å². The molecule has 3 aromatic rings. The van der Waals surface area contributed by atoms with Gasteiger partial charge < -0.3 is 10.1 Å². The SMILES string of the molecule is CCOC(=O)c1cccc(NC(=O)/C=C/c2cnc3ccccc3n2)c1. The van der Waals surface area contributed by atoms with Crippen molar-refractivity contribution in [3.63, 3.8) is 0 Å². The molecule has 0 aliphatic carbocycles. The molecule has 0 spiro atoms. The van der Waals surface area contributed by atoms with Gasteiger partial charge in [-0.1, -0.05) is 18.2 Å². The van der Waals surface area contributed by atoms with E-state index in [0.717, 1.165) is 11.0 Å². The third-order valence-corrected chi connectivity index (χ3v) is 3.51. The minimum Gasteiger partial charge on any atom is -0.462 e. The number of anilines is 1. The van der Waals surface area contributed by atoms with Crippen LogP contribution in [0.1, 0.15) is 23.0 Å². The Bertz CT molecular complexity index is 983. The molecule has 0 saturated carbocycles. The molecule has 130 valence electrons. The normalized spacial score (nSPS) is 10.8. The summed E-state index contributed by atoms with van der Waals surface area (Å²) in [5.74, 6) is -0.758. The van der Waals surface area contributed by atoms with E-state index in [2.05, 4.69) is 15.3 Å². The zero-order valence-corrected chi connectivity index (χ0v) is 14.2. The summed E-state index contributed by atoms with van der Waals surface area (Å²) in [4.78, 5) is 32.5. The average Bonchev–Trinajstić information content (AvgIpc) is 2.66. The zero-order chi connectivity index (χ0) is 18.4. The molecule has 26 heavy (non-hydrogen) atoms. The van der Waals surface area contributed by atoms with Crippen LogP contribution in [-0.2, 0) is 9.53 Å². The summed E-state index contributed by atoms with van der Waals surface area (Å²) in [6.07, 6.45) is 4.56. The van der Waals surface area contributed by atoms with Crippen molar-refractivity contribution in [2.45, 2.75) is 6.92 Å². The molecule has 1 heterocycles. The molecule has 0 bridgehead atoms. The van der Waals surface area contributed by atoms with E-state index in [1.54, 1.807) is 43.5 Å². The highest BCUT2D eigenvalue weighted by atomic mass is 16.5. The fourth-order valence-corrected chi connectivity index (χ4v) is 2.34. The predicted octanol–water partition coefficient (Wildman–Crippen LogP) is 3.46. The summed E-state index contributed by atoms with van der Waals surface area (Å²) >= 11 is 0. The summed E-state index contributed by atoms with van der Waals surface area (Å²) in [7, 11) is 0. The molecule has 1 N–H and O–H groups in total. The second-order valence-corrected chi connectivity index (χ2v) is 5.41. The number of nitrogens with one attached hydrogen (secondary N) is 1. The summed E-state index contributed by atoms with van der Waals surface area (Å²) < 4.78 is 4.95. The van der Waals surface area contributed by atoms with Crippen molar-refractivity contribution in [3.05, 3.63) is 72.1 Å². The molecule has 6 heteroatoms. The molecule has 0 atom stereocenters. The van der Waals surface area contributed by atoms with Gasteiger partial charge in [-0.15, -0.1) is 0 Å². The number of ether oxygens (including phenoxy) is 1. The average molecular weight is 347 g/mol. The highest BCUT2D eigenvalue weighted by Crippen LogP contribution is 2.13. The van der Waals surface area contributed by atoms with Crippen LogP contribution in [0.2, 0.25) is 0 Å². The van der Waals surface area contributed by atoms with Gasteiger partial charge in [-0.25, -0.2) is 9.78 Å². The van der Waals surface area contributed by atoms with Crippen molar-refractivity contribution in [3.8, 4) is 0 Å². The smallest absolute Gasteiger partial charge is 0.338 e. The van der Waals surface area contributed by atoms with Gasteiger partial charge in [0.2, 0.25) is 5.91 Å². The fourth-order valence-electron chi connectivity index (χ4n) is 2.34. The fraction of sp³-hybridized carbons (Fsp3) is 0.100. The van der Waals surface area contributed by atoms with Crippen LogP contribution in [-0.4, -0.2) is 28.5 Å². The number of hydrogen-bond donors (Lipinski definition) is 1. The highest BCUT2D eigenvalue weighted by molar-refractivity contribution is 6.02. The van der Waals surface area contributed by atoms with E-state index in [0.29, 0.717) is 23.6 Å². The van der Waals surface area contributed by atoms with E-state index in [9.17, 15) is 9.59 Å². The molecular weight excluding hydrogens is 330 g/mol. The maximum absolute atomic E-state index is 12.1. The Kier molecular flexibility index (Phi) is 5.34. The molecular formula is C20H17N3O3. The monoisotopic (exact) mass is 347 g/mol. The van der Waals surface area contributed by atoms with E-state index in [-0.39, 0.29) is 5.91 Å². The second kappa shape index (κ2) is 8.02. The molecule has 1 aromatic heterocycles. The topological polar surface area (TPSA) is 81.2 Å². The van der Waals surface area contributed by atoms with E-state index < -0.39 is 5.97 Å². The standard InChI is InChI=1S/C20H17N3O3/c1-2-26-20(25)14-6-5-7-15(12-14)23-19(24)11-10-16-13-21-17-8-3-4-9-18(17)22-16/h3-13H,2H2,1H3,(H,23,24)/b11-10+. The molecule has 0 saturated heterocycles. The van der Waals surface area contributed by atoms with Gasteiger partial charge in [-0.2, -0.15) is 0 Å². The van der Waals surface area contributed by atoms with Gasteiger partial charge >= 0.3 is 5.97 Å². The number of para-hydroxylation sites is 2. The van der Waals surface area contributed by atoms with Crippen LogP contribution < -0.4 is 5.32 Å². The summed E-state index contributed by atoms with van der Waals surface area (Å²) in [6, 6.07) is 14.1. The van der Waals surface area contributed by atoms with Crippen molar-refractivity contribution in [1.82, 2.24) is 9.97 Å². The minimum atomic E-state index is -0.425. The van der Waals surface area contributed by atoms with Crippen molar-refractivity contribution >= 4 is 34.7 Å². The highest BCUT2D eigenvalue weighted by Gasteiger charge is 2.07. The van der Waals surface area contributed by atoms with Crippen molar-refractivity contribution < 1.29 is 14.3 Å². The lowest BCUT2D eigenvalue weighted by Crippen LogP contribution is -2.10. The Hall–Kier alpha value is -3.54. The lowest BCUT2D eigenvalue weighted by atomic mass is 10.2. The first kappa shape index (κ1) is 17.3. The number of nitrogens with zero attached hydrogens (tertiary/aromatic N) is 2. The first-order chi connectivity index (χ1) is 12.7. The summed E-state index contributed by atoms with van der Waals surface area (Å²) in [5, 5.41) is 2.71. The third-order valence-electron chi connectivity index (χ3n) is 3.51. The maximum Gasteiger partial charge on any atom is 0.338 e. The second-order valence-electron chi connectivity index (χ2n) is 5.41. The molecule has 6 nitrogen and oxygen atoms in total. The first-order valence-electron chi connectivity index (χ1n) is 8.14. The number of carbonyl (C=O) groups is 2. The first-order valence-corrected chi connectivity index (χ1v) is 8.14. The van der Waals surface area contributed by atoms with E-state index >= 15 is 0 Å². The molecule has 2 aromatic carbocycles. The Morgan fingerprint density at radius 1 is 1.12 bits per heavy atom. The van der Waals surface area contributed by atoms with E-state index in [1.807, 2.05) is 24.3 Å². The van der Waals surface area contributed by atoms with Crippen molar-refractivity contribution in [2.24, 2.45) is 0 Å². The molecule has 0 unspecified atom stereocenters. The van der Waals surface area contributed by atoms with Crippen LogP contribution in [0, 0.1) is 0 Å². The Morgan fingerprint density at radius 2 is 1.92 bits per heavy atom. The molecule has 0 aliphatic heterocycles. The van der Waals surface area contributed by atoms with Crippen LogP contribution in [0.4, 0.5) is 5.69 Å². The number of aromatic nitrogens is 2. The Balaban J connectivity index is 1.69. The number of rotatable bonds is 5. The number of hydrogen-bond acceptors (Lipinski definition) is 5. The maximum atomic E-state index is 12.1. The van der Waals surface area contributed by atoms with Crippen molar-refractivity contribution in [2.75, 3.05) is 11.9 Å². The van der Waals surface area contributed by atoms with Gasteiger partial charge in [0, 0.05) is 11.8 Å². The number of carbonyl (C=O) groups excluding carboxylic acids is 2. The summed E-state index contributed by atoms with van der Waals surface area (Å²) in [6.45, 7) is 2.04. The molecule has 0 fully saturated rings. The molecule has 0 aliphatic rings. The van der Waals surface area contributed by atoms with Gasteiger partial charge in [-0.05, 0) is 43.3 Å². The van der Waals surface area contributed by atoms with Crippen LogP contribution >= 0.6 is 0 Å². The lowest BCUT2D eigenvalue weighted by molar-refractivity contribution is -0.111. The van der Waals surface area contributed by atoms with E-state index in [4.69, 9.17) is 4.74 Å². The van der Waals surface area contributed by atoms with Gasteiger partial charge in [0.15, 0.2) is 0 Å². The lowest BCUT2D eigenvalue weighted by Gasteiger charge is -2.05. The molecule has 3 rings (SSSR count). The van der Waals surface area contributed by atoms with Gasteiger partial charge in [0.25, 0.3) is 0 Å². The number of amides is 1. The van der Waals surface area contributed by atoms with Gasteiger partial charge in [0.1, 0.15) is 0 Å². The van der Waals surface area contributed by atoms with Gasteiger partial charge in [0.05, 0.1) is 35.1 Å². The number of benzene rings is 2. The quantitative estimate of drug-likeness (QED) is 0.565. The minimum absolute atomic E-state index is 0.297. The van der Waals surface area contributed by atoms with Crippen LogP contribution in [0.15, 0.2) is 60.8 Å². The third kappa shape index (κ3) is 4.30. The number of fused-ring (bicyclic) bond motifs is 1. The van der Waals surface area contributed by atoms with Crippen molar-refractivity contribution in [1.29, 1.82) is 0 Å². The molecule has 0 radical (unpaired) electrons. The molecule has 1 amide bonds. The van der Waals surface area contributed by atoms with Crippen LogP contribution in [0.25, 0.3) is 17.1 Å². The van der Waals surface area contributed by atoms with Crippen LogP contribution in [0.3, 0.4) is 0 Å². The summed E-state index contributed by atoms with van der Waals surface area (Å²) in [5.41, 5.74) is 3.03.